The molecule has 3 nitrogen and oxygen atoms in total. The minimum absolute atomic E-state index is 0.0873. The lowest BCUT2D eigenvalue weighted by atomic mass is 10.0. The second kappa shape index (κ2) is 4.64. The molecule has 4 heteroatoms. The largest absolute Gasteiger partial charge is 0.365 e. The summed E-state index contributed by atoms with van der Waals surface area (Å²) in [5.74, 6) is 0.899. The first-order chi connectivity index (χ1) is 6.57. The van der Waals surface area contributed by atoms with Crippen molar-refractivity contribution in [2.45, 2.75) is 37.8 Å². The SMILES string of the molecule is CCC(C)(C)Nc1cc(SC)ncn1. The zero-order chi connectivity index (χ0) is 10.6. The third-order valence-electron chi connectivity index (χ3n) is 2.20. The van der Waals surface area contributed by atoms with Crippen LogP contribution in [0.5, 0.6) is 0 Å². The molecule has 0 aliphatic rings. The van der Waals surface area contributed by atoms with Crippen LogP contribution in [0.1, 0.15) is 27.2 Å². The van der Waals surface area contributed by atoms with Gasteiger partial charge in [-0.3, -0.25) is 0 Å². The summed E-state index contributed by atoms with van der Waals surface area (Å²) < 4.78 is 0. The van der Waals surface area contributed by atoms with E-state index in [2.05, 4.69) is 36.1 Å². The first kappa shape index (κ1) is 11.3. The fourth-order valence-electron chi connectivity index (χ4n) is 0.955. The van der Waals surface area contributed by atoms with Gasteiger partial charge in [-0.2, -0.15) is 0 Å². The van der Waals surface area contributed by atoms with E-state index >= 15 is 0 Å². The highest BCUT2D eigenvalue weighted by atomic mass is 32.2. The summed E-state index contributed by atoms with van der Waals surface area (Å²) in [4.78, 5) is 8.31. The van der Waals surface area contributed by atoms with Crippen LogP contribution in [-0.2, 0) is 0 Å². The van der Waals surface area contributed by atoms with Crippen LogP contribution in [0.15, 0.2) is 17.4 Å². The zero-order valence-corrected chi connectivity index (χ0v) is 9.98. The number of hydrogen-bond donors (Lipinski definition) is 1. The molecule has 1 aromatic heterocycles. The monoisotopic (exact) mass is 211 g/mol. The van der Waals surface area contributed by atoms with Crippen LogP contribution >= 0.6 is 11.8 Å². The summed E-state index contributed by atoms with van der Waals surface area (Å²) in [5.41, 5.74) is 0.0873. The molecule has 1 N–H and O–H groups in total. The lowest BCUT2D eigenvalue weighted by Gasteiger charge is -2.25. The maximum absolute atomic E-state index is 4.18. The number of hydrogen-bond acceptors (Lipinski definition) is 4. The van der Waals surface area contributed by atoms with Gasteiger partial charge in [-0.25, -0.2) is 9.97 Å². The van der Waals surface area contributed by atoms with Gasteiger partial charge in [0, 0.05) is 11.6 Å². The quantitative estimate of drug-likeness (QED) is 0.614. The molecular formula is C10H17N3S. The van der Waals surface area contributed by atoms with Crippen molar-refractivity contribution in [1.29, 1.82) is 0 Å². The van der Waals surface area contributed by atoms with Crippen molar-refractivity contribution in [3.05, 3.63) is 12.4 Å². The molecule has 0 unspecified atom stereocenters. The van der Waals surface area contributed by atoms with E-state index in [0.717, 1.165) is 17.3 Å². The average Bonchev–Trinajstić information content (AvgIpc) is 2.17. The first-order valence-electron chi connectivity index (χ1n) is 4.71. The van der Waals surface area contributed by atoms with E-state index < -0.39 is 0 Å². The van der Waals surface area contributed by atoms with E-state index in [1.54, 1.807) is 18.1 Å². The van der Waals surface area contributed by atoms with Crippen LogP contribution in [0.25, 0.3) is 0 Å². The summed E-state index contributed by atoms with van der Waals surface area (Å²) in [6.45, 7) is 6.48. The molecule has 1 rings (SSSR count). The Morgan fingerprint density at radius 2 is 2.14 bits per heavy atom. The Kier molecular flexibility index (Phi) is 3.75. The molecule has 0 spiro atoms. The van der Waals surface area contributed by atoms with Gasteiger partial charge < -0.3 is 5.32 Å². The van der Waals surface area contributed by atoms with Crippen LogP contribution in [0.4, 0.5) is 5.82 Å². The van der Waals surface area contributed by atoms with Crippen LogP contribution in [0, 0.1) is 0 Å². The zero-order valence-electron chi connectivity index (χ0n) is 9.16. The molecule has 0 bridgehead atoms. The lowest BCUT2D eigenvalue weighted by Crippen LogP contribution is -2.30. The van der Waals surface area contributed by atoms with E-state index in [1.165, 1.54) is 0 Å². The minimum atomic E-state index is 0.0873. The molecule has 0 amide bonds. The summed E-state index contributed by atoms with van der Waals surface area (Å²) in [5, 5.41) is 4.37. The Morgan fingerprint density at radius 3 is 2.71 bits per heavy atom. The van der Waals surface area contributed by atoms with Crippen molar-refractivity contribution >= 4 is 17.6 Å². The highest BCUT2D eigenvalue weighted by Gasteiger charge is 2.14. The molecule has 0 radical (unpaired) electrons. The highest BCUT2D eigenvalue weighted by Crippen LogP contribution is 2.18. The van der Waals surface area contributed by atoms with Crippen molar-refractivity contribution in [3.8, 4) is 0 Å². The van der Waals surface area contributed by atoms with Crippen molar-refractivity contribution in [2.24, 2.45) is 0 Å². The van der Waals surface area contributed by atoms with E-state index in [0.29, 0.717) is 0 Å². The van der Waals surface area contributed by atoms with Gasteiger partial charge in [0.15, 0.2) is 0 Å². The van der Waals surface area contributed by atoms with E-state index in [9.17, 15) is 0 Å². The molecule has 0 atom stereocenters. The molecule has 1 aromatic rings. The van der Waals surface area contributed by atoms with Gasteiger partial charge in [-0.1, -0.05) is 6.92 Å². The highest BCUT2D eigenvalue weighted by molar-refractivity contribution is 7.98. The van der Waals surface area contributed by atoms with Gasteiger partial charge in [0.2, 0.25) is 0 Å². The second-order valence-electron chi connectivity index (χ2n) is 3.81. The van der Waals surface area contributed by atoms with Crippen LogP contribution in [-0.4, -0.2) is 21.8 Å². The maximum Gasteiger partial charge on any atom is 0.130 e. The van der Waals surface area contributed by atoms with E-state index in [1.807, 2.05) is 12.3 Å². The summed E-state index contributed by atoms with van der Waals surface area (Å²) in [6, 6.07) is 1.97. The molecule has 0 saturated carbocycles. The Morgan fingerprint density at radius 1 is 1.43 bits per heavy atom. The molecule has 1 heterocycles. The molecule has 0 aromatic carbocycles. The Balaban J connectivity index is 2.76. The predicted octanol–water partition coefficient (Wildman–Crippen LogP) is 2.80. The van der Waals surface area contributed by atoms with Crippen LogP contribution in [0.2, 0.25) is 0 Å². The Hall–Kier alpha value is -0.770. The van der Waals surface area contributed by atoms with E-state index in [-0.39, 0.29) is 5.54 Å². The number of nitrogens with one attached hydrogen (secondary N) is 1. The van der Waals surface area contributed by atoms with Crippen LogP contribution < -0.4 is 5.32 Å². The standard InChI is InChI=1S/C10H17N3S/c1-5-10(2,3)13-8-6-9(14-4)12-7-11-8/h6-7H,5H2,1-4H3,(H,11,12,13). The van der Waals surface area contributed by atoms with Crippen molar-refractivity contribution in [1.82, 2.24) is 9.97 Å². The van der Waals surface area contributed by atoms with Gasteiger partial charge in [-0.15, -0.1) is 11.8 Å². The van der Waals surface area contributed by atoms with Crippen molar-refractivity contribution in [2.75, 3.05) is 11.6 Å². The fraction of sp³-hybridized carbons (Fsp3) is 0.600. The first-order valence-corrected chi connectivity index (χ1v) is 5.94. The Labute approximate surface area is 89.7 Å². The van der Waals surface area contributed by atoms with Gasteiger partial charge in [0.1, 0.15) is 17.2 Å². The third kappa shape index (κ3) is 3.18. The maximum atomic E-state index is 4.18. The topological polar surface area (TPSA) is 37.8 Å². The molecule has 78 valence electrons. The lowest BCUT2D eigenvalue weighted by molar-refractivity contribution is 0.544. The van der Waals surface area contributed by atoms with Crippen LogP contribution in [0.3, 0.4) is 0 Å². The number of thioether (sulfide) groups is 1. The van der Waals surface area contributed by atoms with Crippen molar-refractivity contribution < 1.29 is 0 Å². The summed E-state index contributed by atoms with van der Waals surface area (Å²) in [7, 11) is 0. The third-order valence-corrected chi connectivity index (χ3v) is 2.84. The minimum Gasteiger partial charge on any atom is -0.365 e. The fourth-order valence-corrected chi connectivity index (χ4v) is 1.34. The number of rotatable bonds is 4. The second-order valence-corrected chi connectivity index (χ2v) is 4.63. The molecule has 0 saturated heterocycles. The number of nitrogens with zero attached hydrogens (tertiary/aromatic N) is 2. The summed E-state index contributed by atoms with van der Waals surface area (Å²) >= 11 is 1.63. The number of aromatic nitrogens is 2. The van der Waals surface area contributed by atoms with Crippen molar-refractivity contribution in [3.63, 3.8) is 0 Å². The number of anilines is 1. The predicted molar refractivity (Wildman–Crippen MR) is 61.8 cm³/mol. The Bertz CT molecular complexity index is 299. The molecular weight excluding hydrogens is 194 g/mol. The smallest absolute Gasteiger partial charge is 0.130 e. The van der Waals surface area contributed by atoms with Gasteiger partial charge >= 0.3 is 0 Å². The molecule has 0 aliphatic carbocycles. The molecule has 0 aliphatic heterocycles. The normalized spacial score (nSPS) is 11.4. The molecule has 14 heavy (non-hydrogen) atoms. The van der Waals surface area contributed by atoms with Gasteiger partial charge in [0.25, 0.3) is 0 Å². The molecule has 0 fully saturated rings. The summed E-state index contributed by atoms with van der Waals surface area (Å²) in [6.07, 6.45) is 4.67. The van der Waals surface area contributed by atoms with Gasteiger partial charge in [0.05, 0.1) is 0 Å². The van der Waals surface area contributed by atoms with E-state index in [4.69, 9.17) is 0 Å². The average molecular weight is 211 g/mol. The van der Waals surface area contributed by atoms with Gasteiger partial charge in [-0.05, 0) is 26.5 Å².